The van der Waals surface area contributed by atoms with Crippen LogP contribution in [0.3, 0.4) is 0 Å². The third kappa shape index (κ3) is 6.47. The molecule has 4 atom stereocenters. The molecule has 0 aromatic rings. The molecule has 1 heterocycles. The van der Waals surface area contributed by atoms with Gasteiger partial charge in [-0.25, -0.2) is 0 Å². The van der Waals surface area contributed by atoms with E-state index in [1.165, 1.54) is 32.1 Å². The standard InChI is InChI=1S/C17H32O6/c1-2-3-4-5-6-7-8-9-10-13(19)11-17(22)16(21)15(20)14(12-18)23-17/h14-16,18,20-22H,2-12H2,1H3/t14-,15+,16-,17-/m1/s1. The van der Waals surface area contributed by atoms with Gasteiger partial charge in [0, 0.05) is 6.42 Å². The molecule has 0 spiro atoms. The van der Waals surface area contributed by atoms with E-state index in [0.29, 0.717) is 6.42 Å². The average molecular weight is 332 g/mol. The topological polar surface area (TPSA) is 107 Å². The van der Waals surface area contributed by atoms with Gasteiger partial charge in [-0.1, -0.05) is 51.9 Å². The number of hydrogen-bond donors (Lipinski definition) is 4. The number of carbonyl (C=O) groups is 1. The van der Waals surface area contributed by atoms with E-state index < -0.39 is 30.7 Å². The molecule has 23 heavy (non-hydrogen) atoms. The highest BCUT2D eigenvalue weighted by Crippen LogP contribution is 2.32. The first-order valence-corrected chi connectivity index (χ1v) is 8.83. The quantitative estimate of drug-likeness (QED) is 0.401. The molecule has 0 amide bonds. The highest BCUT2D eigenvalue weighted by molar-refractivity contribution is 5.79. The largest absolute Gasteiger partial charge is 0.394 e. The molecule has 136 valence electrons. The van der Waals surface area contributed by atoms with Crippen molar-refractivity contribution in [1.82, 2.24) is 0 Å². The summed E-state index contributed by atoms with van der Waals surface area (Å²) in [4.78, 5) is 11.9. The number of rotatable bonds is 12. The summed E-state index contributed by atoms with van der Waals surface area (Å²) in [6.07, 6.45) is 4.97. The van der Waals surface area contributed by atoms with Crippen molar-refractivity contribution in [1.29, 1.82) is 0 Å². The van der Waals surface area contributed by atoms with E-state index in [4.69, 9.17) is 9.84 Å². The number of hydrogen-bond acceptors (Lipinski definition) is 6. The summed E-state index contributed by atoms with van der Waals surface area (Å²) in [5, 5.41) is 38.6. The maximum Gasteiger partial charge on any atom is 0.202 e. The molecule has 6 heteroatoms. The minimum Gasteiger partial charge on any atom is -0.394 e. The van der Waals surface area contributed by atoms with Crippen molar-refractivity contribution in [3.8, 4) is 0 Å². The highest BCUT2D eigenvalue weighted by Gasteiger charge is 2.53. The van der Waals surface area contributed by atoms with Gasteiger partial charge in [-0.15, -0.1) is 0 Å². The van der Waals surface area contributed by atoms with Crippen LogP contribution in [-0.2, 0) is 9.53 Å². The van der Waals surface area contributed by atoms with E-state index in [2.05, 4.69) is 6.92 Å². The number of ketones is 1. The molecule has 1 aliphatic rings. The number of carbonyl (C=O) groups excluding carboxylic acids is 1. The number of ether oxygens (including phenoxy) is 1. The SMILES string of the molecule is CCCCCCCCCCC(=O)C[C@@]1(O)O[C@H](CO)[C@H](O)[C@H]1O. The van der Waals surface area contributed by atoms with Crippen LogP contribution in [0.2, 0.25) is 0 Å². The molecule has 0 bridgehead atoms. The van der Waals surface area contributed by atoms with Gasteiger partial charge in [-0.05, 0) is 6.42 Å². The fourth-order valence-electron chi connectivity index (χ4n) is 2.99. The second-order valence-corrected chi connectivity index (χ2v) is 6.56. The monoisotopic (exact) mass is 332 g/mol. The van der Waals surface area contributed by atoms with Crippen LogP contribution < -0.4 is 0 Å². The normalized spacial score (nSPS) is 30.7. The highest BCUT2D eigenvalue weighted by atomic mass is 16.7. The van der Waals surface area contributed by atoms with E-state index >= 15 is 0 Å². The Kier molecular flexibility index (Phi) is 9.24. The van der Waals surface area contributed by atoms with E-state index in [1.807, 2.05) is 0 Å². The Morgan fingerprint density at radius 2 is 1.61 bits per heavy atom. The van der Waals surface area contributed by atoms with Gasteiger partial charge in [0.15, 0.2) is 0 Å². The van der Waals surface area contributed by atoms with Crippen LogP contribution in [0, 0.1) is 0 Å². The maximum absolute atomic E-state index is 11.9. The molecule has 0 radical (unpaired) electrons. The van der Waals surface area contributed by atoms with E-state index in [-0.39, 0.29) is 12.2 Å². The third-order valence-electron chi connectivity index (χ3n) is 4.46. The third-order valence-corrected chi connectivity index (χ3v) is 4.46. The molecular weight excluding hydrogens is 300 g/mol. The predicted molar refractivity (Wildman–Crippen MR) is 85.8 cm³/mol. The van der Waals surface area contributed by atoms with Crippen LogP contribution in [0.5, 0.6) is 0 Å². The predicted octanol–water partition coefficient (Wildman–Crippen LogP) is 1.28. The van der Waals surface area contributed by atoms with Crippen molar-refractivity contribution in [3.05, 3.63) is 0 Å². The molecule has 1 fully saturated rings. The number of unbranched alkanes of at least 4 members (excludes halogenated alkanes) is 7. The molecule has 6 nitrogen and oxygen atoms in total. The van der Waals surface area contributed by atoms with Gasteiger partial charge in [0.05, 0.1) is 13.0 Å². The Morgan fingerprint density at radius 1 is 1.04 bits per heavy atom. The van der Waals surface area contributed by atoms with Crippen LogP contribution in [0.1, 0.15) is 71.1 Å². The zero-order chi connectivity index (χ0) is 17.3. The van der Waals surface area contributed by atoms with Crippen molar-refractivity contribution in [2.75, 3.05) is 6.61 Å². The first-order valence-electron chi connectivity index (χ1n) is 8.83. The first-order chi connectivity index (χ1) is 10.9. The van der Waals surface area contributed by atoms with E-state index in [9.17, 15) is 20.1 Å². The maximum atomic E-state index is 11.9. The second kappa shape index (κ2) is 10.4. The molecule has 0 aliphatic carbocycles. The lowest BCUT2D eigenvalue weighted by molar-refractivity contribution is -0.231. The fourth-order valence-corrected chi connectivity index (χ4v) is 2.99. The van der Waals surface area contributed by atoms with Crippen LogP contribution in [0.15, 0.2) is 0 Å². The van der Waals surface area contributed by atoms with Gasteiger partial charge in [-0.3, -0.25) is 4.79 Å². The van der Waals surface area contributed by atoms with Crippen LogP contribution >= 0.6 is 0 Å². The van der Waals surface area contributed by atoms with E-state index in [0.717, 1.165) is 19.3 Å². The second-order valence-electron chi connectivity index (χ2n) is 6.56. The van der Waals surface area contributed by atoms with Gasteiger partial charge < -0.3 is 25.2 Å². The number of aliphatic hydroxyl groups is 4. The summed E-state index contributed by atoms with van der Waals surface area (Å²) in [7, 11) is 0. The van der Waals surface area contributed by atoms with Crippen molar-refractivity contribution in [2.45, 2.75) is 95.2 Å². The summed E-state index contributed by atoms with van der Waals surface area (Å²) < 4.78 is 5.06. The molecule has 4 N–H and O–H groups in total. The first kappa shape index (κ1) is 20.5. The molecule has 0 aromatic heterocycles. The Hall–Kier alpha value is -0.530. The zero-order valence-corrected chi connectivity index (χ0v) is 14.1. The van der Waals surface area contributed by atoms with Gasteiger partial charge in [0.2, 0.25) is 5.79 Å². The summed E-state index contributed by atoms with van der Waals surface area (Å²) >= 11 is 0. The molecular formula is C17H32O6. The van der Waals surface area contributed by atoms with Gasteiger partial charge in [-0.2, -0.15) is 0 Å². The summed E-state index contributed by atoms with van der Waals surface area (Å²) in [5.41, 5.74) is 0. The fraction of sp³-hybridized carbons (Fsp3) is 0.941. The van der Waals surface area contributed by atoms with Gasteiger partial charge in [0.1, 0.15) is 24.1 Å². The minimum absolute atomic E-state index is 0.205. The molecule has 1 saturated heterocycles. The Balaban J connectivity index is 2.19. The molecule has 1 rings (SSSR count). The summed E-state index contributed by atoms with van der Waals surface area (Å²) in [6.45, 7) is 1.67. The summed E-state index contributed by atoms with van der Waals surface area (Å²) in [5.74, 6) is -2.30. The van der Waals surface area contributed by atoms with E-state index in [1.54, 1.807) is 0 Å². The van der Waals surface area contributed by atoms with Crippen LogP contribution in [0.4, 0.5) is 0 Å². The van der Waals surface area contributed by atoms with Crippen LogP contribution in [0.25, 0.3) is 0 Å². The van der Waals surface area contributed by atoms with Crippen LogP contribution in [-0.4, -0.2) is 56.9 Å². The number of Topliss-reactive ketones (excluding diaryl/α,β-unsaturated/α-hetero) is 1. The Bertz CT molecular complexity index is 348. The average Bonchev–Trinajstić information content (AvgIpc) is 2.74. The lowest BCUT2D eigenvalue weighted by Crippen LogP contribution is -2.44. The van der Waals surface area contributed by atoms with Gasteiger partial charge in [0.25, 0.3) is 0 Å². The molecule has 0 saturated carbocycles. The summed E-state index contributed by atoms with van der Waals surface area (Å²) in [6, 6.07) is 0. The lowest BCUT2D eigenvalue weighted by atomic mass is 9.97. The zero-order valence-electron chi connectivity index (χ0n) is 14.1. The lowest BCUT2D eigenvalue weighted by Gasteiger charge is -2.25. The van der Waals surface area contributed by atoms with Crippen molar-refractivity contribution in [2.24, 2.45) is 0 Å². The van der Waals surface area contributed by atoms with Gasteiger partial charge >= 0.3 is 0 Å². The molecule has 0 aromatic carbocycles. The Labute approximate surface area is 138 Å². The molecule has 1 aliphatic heterocycles. The minimum atomic E-state index is -2.09. The molecule has 0 unspecified atom stereocenters. The number of aliphatic hydroxyl groups excluding tert-OH is 3. The Morgan fingerprint density at radius 3 is 2.13 bits per heavy atom. The van der Waals surface area contributed by atoms with Crippen molar-refractivity contribution >= 4 is 5.78 Å². The van der Waals surface area contributed by atoms with Crippen molar-refractivity contribution in [3.63, 3.8) is 0 Å². The smallest absolute Gasteiger partial charge is 0.202 e. The van der Waals surface area contributed by atoms with Crippen molar-refractivity contribution < 1.29 is 30.0 Å².